The normalized spacial score (nSPS) is 11.0. The van der Waals surface area contributed by atoms with Crippen LogP contribution in [-0.2, 0) is 22.6 Å². The second-order valence-corrected chi connectivity index (χ2v) is 8.81. The van der Waals surface area contributed by atoms with Crippen molar-refractivity contribution in [3.8, 4) is 0 Å². The van der Waals surface area contributed by atoms with Crippen LogP contribution >= 0.6 is 11.8 Å². The van der Waals surface area contributed by atoms with Crippen LogP contribution in [0.5, 0.6) is 0 Å². The van der Waals surface area contributed by atoms with Crippen molar-refractivity contribution in [3.05, 3.63) is 71.8 Å². The van der Waals surface area contributed by atoms with Gasteiger partial charge in [-0.25, -0.2) is 4.79 Å². The number of nitrogens with one attached hydrogen (secondary N) is 1. The van der Waals surface area contributed by atoms with Crippen LogP contribution in [0.1, 0.15) is 31.9 Å². The van der Waals surface area contributed by atoms with Gasteiger partial charge in [-0.1, -0.05) is 60.7 Å². The topological polar surface area (TPSA) is 58.6 Å². The first-order valence-electron chi connectivity index (χ1n) is 9.74. The maximum Gasteiger partial charge on any atom is 0.407 e. The molecule has 2 aromatic carbocycles. The number of ether oxygens (including phenoxy) is 1. The van der Waals surface area contributed by atoms with Gasteiger partial charge in [0.15, 0.2) is 0 Å². The highest BCUT2D eigenvalue weighted by molar-refractivity contribution is 7.99. The number of nitrogens with zero attached hydrogens (tertiary/aromatic N) is 1. The lowest BCUT2D eigenvalue weighted by Gasteiger charge is -2.23. The van der Waals surface area contributed by atoms with Crippen molar-refractivity contribution >= 4 is 23.8 Å². The summed E-state index contributed by atoms with van der Waals surface area (Å²) in [7, 11) is 0. The lowest BCUT2D eigenvalue weighted by atomic mass is 10.1. The monoisotopic (exact) mass is 414 g/mol. The Morgan fingerprint density at radius 3 is 1.93 bits per heavy atom. The molecule has 2 aromatic rings. The largest absolute Gasteiger partial charge is 0.444 e. The van der Waals surface area contributed by atoms with Gasteiger partial charge in [0.25, 0.3) is 0 Å². The molecule has 0 saturated carbocycles. The first-order valence-corrected chi connectivity index (χ1v) is 10.9. The number of rotatable bonds is 9. The second kappa shape index (κ2) is 11.5. The third kappa shape index (κ3) is 9.52. The van der Waals surface area contributed by atoms with Gasteiger partial charge in [-0.05, 0) is 31.9 Å². The molecule has 0 spiro atoms. The molecular formula is C23H30N2O3S. The van der Waals surface area contributed by atoms with Crippen molar-refractivity contribution in [1.82, 2.24) is 10.2 Å². The van der Waals surface area contributed by atoms with Gasteiger partial charge >= 0.3 is 6.09 Å². The number of hydrogen-bond donors (Lipinski definition) is 1. The maximum absolute atomic E-state index is 12.8. The standard InChI is InChI=1S/C23H30N2O3S/c1-23(2,3)28-22(27)24-14-15-29-18-21(26)25(16-19-10-6-4-7-11-19)17-20-12-8-5-9-13-20/h4-13H,14-18H2,1-3H3,(H,24,27). The molecule has 0 radical (unpaired) electrons. The van der Waals surface area contributed by atoms with E-state index in [9.17, 15) is 9.59 Å². The maximum atomic E-state index is 12.8. The Morgan fingerprint density at radius 1 is 0.931 bits per heavy atom. The van der Waals surface area contributed by atoms with Crippen molar-refractivity contribution in [2.45, 2.75) is 39.5 Å². The smallest absolute Gasteiger partial charge is 0.407 e. The number of carbonyl (C=O) groups is 2. The summed E-state index contributed by atoms with van der Waals surface area (Å²) in [6, 6.07) is 20.0. The molecule has 6 heteroatoms. The van der Waals surface area contributed by atoms with Gasteiger partial charge in [0.2, 0.25) is 5.91 Å². The first kappa shape index (κ1) is 22.8. The molecule has 156 valence electrons. The molecule has 0 aromatic heterocycles. The Bertz CT molecular complexity index is 719. The molecule has 0 heterocycles. The van der Waals surface area contributed by atoms with Crippen LogP contribution in [0.25, 0.3) is 0 Å². The second-order valence-electron chi connectivity index (χ2n) is 7.70. The fourth-order valence-electron chi connectivity index (χ4n) is 2.63. The summed E-state index contributed by atoms with van der Waals surface area (Å²) in [6.45, 7) is 7.09. The molecule has 1 N–H and O–H groups in total. The van der Waals surface area contributed by atoms with E-state index in [1.165, 1.54) is 11.8 Å². The first-order chi connectivity index (χ1) is 13.8. The third-order valence-electron chi connectivity index (χ3n) is 3.93. The molecule has 0 saturated heterocycles. The average Bonchev–Trinajstić information content (AvgIpc) is 2.67. The number of thioether (sulfide) groups is 1. The Balaban J connectivity index is 1.83. The minimum atomic E-state index is -0.511. The third-order valence-corrected chi connectivity index (χ3v) is 4.87. The molecule has 0 aliphatic carbocycles. The van der Waals surface area contributed by atoms with E-state index in [0.717, 1.165) is 11.1 Å². The molecule has 0 bridgehead atoms. The zero-order chi connectivity index (χ0) is 21.1. The molecule has 2 rings (SSSR count). The quantitative estimate of drug-likeness (QED) is 0.615. The van der Waals surface area contributed by atoms with Crippen molar-refractivity contribution in [1.29, 1.82) is 0 Å². The van der Waals surface area contributed by atoms with E-state index in [2.05, 4.69) is 5.32 Å². The lowest BCUT2D eigenvalue weighted by molar-refractivity contribution is -0.129. The molecule has 0 aliphatic rings. The Kier molecular flexibility index (Phi) is 9.06. The summed E-state index contributed by atoms with van der Waals surface area (Å²) >= 11 is 1.51. The minimum absolute atomic E-state index is 0.0833. The minimum Gasteiger partial charge on any atom is -0.444 e. The van der Waals surface area contributed by atoms with Crippen LogP contribution < -0.4 is 5.32 Å². The van der Waals surface area contributed by atoms with Crippen LogP contribution in [0.15, 0.2) is 60.7 Å². The predicted molar refractivity (Wildman–Crippen MR) is 119 cm³/mol. The van der Waals surface area contributed by atoms with Gasteiger partial charge in [0.1, 0.15) is 5.60 Å². The van der Waals surface area contributed by atoms with E-state index < -0.39 is 11.7 Å². The molecule has 2 amide bonds. The zero-order valence-corrected chi connectivity index (χ0v) is 18.2. The highest BCUT2D eigenvalue weighted by Crippen LogP contribution is 2.13. The fraction of sp³-hybridized carbons (Fsp3) is 0.391. The summed E-state index contributed by atoms with van der Waals surface area (Å²) in [5.74, 6) is 1.10. The summed E-state index contributed by atoms with van der Waals surface area (Å²) in [5, 5.41) is 2.71. The van der Waals surface area contributed by atoms with Crippen LogP contribution in [0.3, 0.4) is 0 Å². The predicted octanol–water partition coefficient (Wildman–Crippen LogP) is 4.47. The fourth-order valence-corrected chi connectivity index (χ4v) is 3.38. The highest BCUT2D eigenvalue weighted by Gasteiger charge is 2.16. The van der Waals surface area contributed by atoms with E-state index in [1.807, 2.05) is 86.3 Å². The van der Waals surface area contributed by atoms with Gasteiger partial charge in [-0.15, -0.1) is 0 Å². The van der Waals surface area contributed by atoms with Crippen molar-refractivity contribution in [2.24, 2.45) is 0 Å². The number of carbonyl (C=O) groups excluding carboxylic acids is 2. The van der Waals surface area contributed by atoms with Gasteiger partial charge < -0.3 is 15.0 Å². The van der Waals surface area contributed by atoms with Crippen LogP contribution in [0, 0.1) is 0 Å². The highest BCUT2D eigenvalue weighted by atomic mass is 32.2. The summed E-state index contributed by atoms with van der Waals surface area (Å²) in [4.78, 5) is 26.4. The number of alkyl carbamates (subject to hydrolysis) is 1. The SMILES string of the molecule is CC(C)(C)OC(=O)NCCSCC(=O)N(Cc1ccccc1)Cc1ccccc1. The Morgan fingerprint density at radius 2 is 1.45 bits per heavy atom. The van der Waals surface area contributed by atoms with Gasteiger partial charge in [0.05, 0.1) is 5.75 Å². The van der Waals surface area contributed by atoms with E-state index in [-0.39, 0.29) is 5.91 Å². The number of hydrogen-bond acceptors (Lipinski definition) is 4. The van der Waals surface area contributed by atoms with Crippen LogP contribution in [0.4, 0.5) is 4.79 Å². The number of amides is 2. The number of benzene rings is 2. The Hall–Kier alpha value is -2.47. The van der Waals surface area contributed by atoms with Crippen LogP contribution in [-0.4, -0.2) is 40.6 Å². The van der Waals surface area contributed by atoms with E-state index in [0.29, 0.717) is 31.1 Å². The molecular weight excluding hydrogens is 384 g/mol. The summed E-state index contributed by atoms with van der Waals surface area (Å²) < 4.78 is 5.20. The van der Waals surface area contributed by atoms with Crippen molar-refractivity contribution in [2.75, 3.05) is 18.1 Å². The summed E-state index contributed by atoms with van der Waals surface area (Å²) in [6.07, 6.45) is -0.431. The average molecular weight is 415 g/mol. The molecule has 29 heavy (non-hydrogen) atoms. The van der Waals surface area contributed by atoms with Gasteiger partial charge in [0, 0.05) is 25.4 Å². The van der Waals surface area contributed by atoms with E-state index in [4.69, 9.17) is 4.74 Å². The van der Waals surface area contributed by atoms with Crippen molar-refractivity contribution in [3.63, 3.8) is 0 Å². The Labute approximate surface area is 177 Å². The van der Waals surface area contributed by atoms with Crippen LogP contribution in [0.2, 0.25) is 0 Å². The van der Waals surface area contributed by atoms with Gasteiger partial charge in [-0.3, -0.25) is 4.79 Å². The molecule has 0 fully saturated rings. The van der Waals surface area contributed by atoms with E-state index in [1.54, 1.807) is 0 Å². The lowest BCUT2D eigenvalue weighted by Crippen LogP contribution is -2.34. The summed E-state index contributed by atoms with van der Waals surface area (Å²) in [5.41, 5.74) is 1.70. The molecule has 0 atom stereocenters. The van der Waals surface area contributed by atoms with E-state index >= 15 is 0 Å². The van der Waals surface area contributed by atoms with Crippen molar-refractivity contribution < 1.29 is 14.3 Å². The zero-order valence-electron chi connectivity index (χ0n) is 17.4. The van der Waals surface area contributed by atoms with Gasteiger partial charge in [-0.2, -0.15) is 11.8 Å². The molecule has 0 aliphatic heterocycles. The molecule has 5 nitrogen and oxygen atoms in total. The molecule has 0 unspecified atom stereocenters.